The molecule has 0 bridgehead atoms. The van der Waals surface area contributed by atoms with Crippen molar-refractivity contribution in [2.24, 2.45) is 0 Å². The average molecular weight is 428 g/mol. The lowest BCUT2D eigenvalue weighted by molar-refractivity contribution is 0.0644. The van der Waals surface area contributed by atoms with E-state index in [1.54, 1.807) is 36.4 Å². The minimum absolute atomic E-state index is 0.0000313. The van der Waals surface area contributed by atoms with E-state index in [-0.39, 0.29) is 23.6 Å². The molecule has 2 aromatic heterocycles. The van der Waals surface area contributed by atoms with Crippen LogP contribution in [0.15, 0.2) is 63.8 Å². The number of anilines is 1. The molecule has 138 valence electrons. The van der Waals surface area contributed by atoms with Gasteiger partial charge in [0.2, 0.25) is 0 Å². The monoisotopic (exact) mass is 427 g/mol. The van der Waals surface area contributed by atoms with Gasteiger partial charge in [0.25, 0.3) is 11.8 Å². The molecule has 3 heterocycles. The molecule has 1 aliphatic rings. The van der Waals surface area contributed by atoms with E-state index in [9.17, 15) is 9.59 Å². The summed E-state index contributed by atoms with van der Waals surface area (Å²) in [7, 11) is 0. The number of benzene rings is 1. The maximum atomic E-state index is 13.0. The molecule has 0 spiro atoms. The maximum absolute atomic E-state index is 13.0. The molecular formula is C20H18BrN3O3. The van der Waals surface area contributed by atoms with Gasteiger partial charge in [-0.1, -0.05) is 6.07 Å². The summed E-state index contributed by atoms with van der Waals surface area (Å²) in [4.78, 5) is 27.1. The number of halogens is 1. The molecule has 1 unspecified atom stereocenters. The fourth-order valence-electron chi connectivity index (χ4n) is 3.38. The van der Waals surface area contributed by atoms with Crippen LogP contribution < -0.4 is 5.32 Å². The van der Waals surface area contributed by atoms with Crippen molar-refractivity contribution in [2.75, 3.05) is 11.9 Å². The molecular weight excluding hydrogens is 410 g/mol. The summed E-state index contributed by atoms with van der Waals surface area (Å²) in [6.45, 7) is 3.46. The summed E-state index contributed by atoms with van der Waals surface area (Å²) < 4.78 is 7.92. The van der Waals surface area contributed by atoms with Crippen molar-refractivity contribution in [1.82, 2.24) is 9.47 Å². The van der Waals surface area contributed by atoms with Gasteiger partial charge in [-0.3, -0.25) is 9.59 Å². The molecule has 0 aliphatic carbocycles. The summed E-state index contributed by atoms with van der Waals surface area (Å²) in [5.41, 5.74) is 2.22. The van der Waals surface area contributed by atoms with Crippen molar-refractivity contribution in [3.8, 4) is 0 Å². The van der Waals surface area contributed by atoms with Crippen molar-refractivity contribution in [3.05, 3.63) is 76.4 Å². The van der Waals surface area contributed by atoms with E-state index < -0.39 is 0 Å². The Labute approximate surface area is 164 Å². The SMILES string of the molecule is CC1c2cccn2CCN1C(=O)c1cccc(NC(=O)c2ccc(Br)o2)c1. The molecule has 0 saturated heterocycles. The molecule has 0 fully saturated rings. The Morgan fingerprint density at radius 2 is 2.00 bits per heavy atom. The Hall–Kier alpha value is -2.80. The summed E-state index contributed by atoms with van der Waals surface area (Å²) in [6.07, 6.45) is 2.04. The molecule has 6 nitrogen and oxygen atoms in total. The van der Waals surface area contributed by atoms with Crippen LogP contribution in [-0.4, -0.2) is 27.8 Å². The Kier molecular flexibility index (Phi) is 4.61. The maximum Gasteiger partial charge on any atom is 0.291 e. The quantitative estimate of drug-likeness (QED) is 0.676. The number of aromatic nitrogens is 1. The minimum atomic E-state index is -0.366. The van der Waals surface area contributed by atoms with Crippen LogP contribution in [0.5, 0.6) is 0 Å². The van der Waals surface area contributed by atoms with Crippen molar-refractivity contribution in [2.45, 2.75) is 19.5 Å². The second kappa shape index (κ2) is 7.08. The highest BCUT2D eigenvalue weighted by Crippen LogP contribution is 2.27. The van der Waals surface area contributed by atoms with E-state index in [0.717, 1.165) is 12.2 Å². The third-order valence-corrected chi connectivity index (χ3v) is 5.19. The van der Waals surface area contributed by atoms with Gasteiger partial charge in [-0.05, 0) is 65.3 Å². The Morgan fingerprint density at radius 1 is 1.15 bits per heavy atom. The van der Waals surface area contributed by atoms with Crippen molar-refractivity contribution < 1.29 is 14.0 Å². The minimum Gasteiger partial charge on any atom is -0.444 e. The van der Waals surface area contributed by atoms with E-state index in [1.807, 2.05) is 30.2 Å². The number of fused-ring (bicyclic) bond motifs is 1. The predicted molar refractivity (Wildman–Crippen MR) is 105 cm³/mol. The number of furan rings is 1. The molecule has 3 aromatic rings. The molecule has 0 radical (unpaired) electrons. The first-order valence-corrected chi connectivity index (χ1v) is 9.45. The lowest BCUT2D eigenvalue weighted by Crippen LogP contribution is -2.40. The van der Waals surface area contributed by atoms with Gasteiger partial charge in [0.15, 0.2) is 10.4 Å². The van der Waals surface area contributed by atoms with Gasteiger partial charge in [-0.2, -0.15) is 0 Å². The molecule has 27 heavy (non-hydrogen) atoms. The van der Waals surface area contributed by atoms with E-state index >= 15 is 0 Å². The van der Waals surface area contributed by atoms with Crippen LogP contribution >= 0.6 is 15.9 Å². The lowest BCUT2D eigenvalue weighted by Gasteiger charge is -2.35. The highest BCUT2D eigenvalue weighted by atomic mass is 79.9. The standard InChI is InChI=1S/C20H18BrN3O3/c1-13-16-6-3-9-23(16)10-11-24(13)20(26)14-4-2-5-15(12-14)22-19(25)17-7-8-18(21)27-17/h2-9,12-13H,10-11H2,1H3,(H,22,25). The Morgan fingerprint density at radius 3 is 2.78 bits per heavy atom. The Bertz CT molecular complexity index is 1010. The van der Waals surface area contributed by atoms with Gasteiger partial charge < -0.3 is 19.2 Å². The highest BCUT2D eigenvalue weighted by molar-refractivity contribution is 9.10. The first-order valence-electron chi connectivity index (χ1n) is 8.65. The van der Waals surface area contributed by atoms with Crippen LogP contribution in [0.2, 0.25) is 0 Å². The van der Waals surface area contributed by atoms with Crippen LogP contribution in [0, 0.1) is 0 Å². The molecule has 1 aliphatic heterocycles. The zero-order valence-electron chi connectivity index (χ0n) is 14.7. The largest absolute Gasteiger partial charge is 0.444 e. The van der Waals surface area contributed by atoms with Gasteiger partial charge >= 0.3 is 0 Å². The smallest absolute Gasteiger partial charge is 0.291 e. The average Bonchev–Trinajstić information content (AvgIpc) is 3.31. The fourth-order valence-corrected chi connectivity index (χ4v) is 3.69. The van der Waals surface area contributed by atoms with Crippen molar-refractivity contribution >= 4 is 33.4 Å². The molecule has 0 saturated carbocycles. The van der Waals surface area contributed by atoms with E-state index in [1.165, 1.54) is 0 Å². The van der Waals surface area contributed by atoms with Gasteiger partial charge in [0.1, 0.15) is 0 Å². The van der Waals surface area contributed by atoms with Gasteiger partial charge in [-0.15, -0.1) is 0 Å². The van der Waals surface area contributed by atoms with Gasteiger partial charge in [0.05, 0.1) is 6.04 Å². The summed E-state index contributed by atoms with van der Waals surface area (Å²) in [6, 6.07) is 14.3. The molecule has 7 heteroatoms. The lowest BCUT2D eigenvalue weighted by atomic mass is 10.1. The molecule has 1 N–H and O–H groups in total. The van der Waals surface area contributed by atoms with E-state index in [0.29, 0.717) is 22.5 Å². The zero-order chi connectivity index (χ0) is 19.0. The first kappa shape index (κ1) is 17.6. The van der Waals surface area contributed by atoms with Crippen LogP contribution in [0.3, 0.4) is 0 Å². The number of carbonyl (C=O) groups excluding carboxylic acids is 2. The topological polar surface area (TPSA) is 67.5 Å². The summed E-state index contributed by atoms with van der Waals surface area (Å²) >= 11 is 3.18. The van der Waals surface area contributed by atoms with Crippen LogP contribution in [-0.2, 0) is 6.54 Å². The number of hydrogen-bond donors (Lipinski definition) is 1. The molecule has 2 amide bonds. The second-order valence-electron chi connectivity index (χ2n) is 6.44. The number of amides is 2. The Balaban J connectivity index is 1.52. The van der Waals surface area contributed by atoms with Crippen LogP contribution in [0.25, 0.3) is 0 Å². The summed E-state index contributed by atoms with van der Waals surface area (Å²) in [5.74, 6) is -0.217. The van der Waals surface area contributed by atoms with Crippen molar-refractivity contribution in [3.63, 3.8) is 0 Å². The number of rotatable bonds is 3. The van der Waals surface area contributed by atoms with Crippen LogP contribution in [0.4, 0.5) is 5.69 Å². The predicted octanol–water partition coefficient (Wildman–Crippen LogP) is 4.31. The van der Waals surface area contributed by atoms with E-state index in [2.05, 4.69) is 25.8 Å². The van der Waals surface area contributed by atoms with Gasteiger partial charge in [-0.25, -0.2) is 0 Å². The number of hydrogen-bond acceptors (Lipinski definition) is 3. The molecule has 1 aromatic carbocycles. The highest BCUT2D eigenvalue weighted by Gasteiger charge is 2.28. The number of nitrogens with one attached hydrogen (secondary N) is 1. The summed E-state index contributed by atoms with van der Waals surface area (Å²) in [5, 5.41) is 2.76. The number of nitrogens with zero attached hydrogens (tertiary/aromatic N) is 2. The van der Waals surface area contributed by atoms with Gasteiger partial charge in [0, 0.05) is 36.2 Å². The first-order chi connectivity index (χ1) is 13.0. The number of carbonyl (C=O) groups is 2. The molecule has 4 rings (SSSR count). The van der Waals surface area contributed by atoms with Crippen molar-refractivity contribution in [1.29, 1.82) is 0 Å². The normalized spacial score (nSPS) is 16.1. The second-order valence-corrected chi connectivity index (χ2v) is 7.22. The molecule has 1 atom stereocenters. The third kappa shape index (κ3) is 3.42. The van der Waals surface area contributed by atoms with E-state index in [4.69, 9.17) is 4.42 Å². The fraction of sp³-hybridized carbons (Fsp3) is 0.200. The third-order valence-electron chi connectivity index (χ3n) is 4.77. The zero-order valence-corrected chi connectivity index (χ0v) is 16.3. The van der Waals surface area contributed by atoms with Crippen LogP contribution in [0.1, 0.15) is 39.6 Å².